The van der Waals surface area contributed by atoms with E-state index in [2.05, 4.69) is 10.2 Å². The zero-order valence-electron chi connectivity index (χ0n) is 9.88. The Morgan fingerprint density at radius 1 is 1.22 bits per heavy atom. The summed E-state index contributed by atoms with van der Waals surface area (Å²) in [6.45, 7) is 3.02. The summed E-state index contributed by atoms with van der Waals surface area (Å²) in [6, 6.07) is 5.51. The van der Waals surface area contributed by atoms with Gasteiger partial charge in [-0.05, 0) is 12.1 Å². The molecule has 0 atom stereocenters. The average molecular weight is 248 g/mol. The van der Waals surface area contributed by atoms with E-state index >= 15 is 0 Å². The molecule has 1 aliphatic rings. The molecule has 94 valence electrons. The molecule has 0 bridgehead atoms. The number of para-hydroxylation sites is 1. The van der Waals surface area contributed by atoms with Gasteiger partial charge in [0.05, 0.1) is 0 Å². The first-order valence-electron chi connectivity index (χ1n) is 5.63. The lowest BCUT2D eigenvalue weighted by Crippen LogP contribution is -2.16. The highest BCUT2D eigenvalue weighted by molar-refractivity contribution is 5.51. The van der Waals surface area contributed by atoms with Crippen molar-refractivity contribution in [1.82, 2.24) is 10.2 Å². The van der Waals surface area contributed by atoms with Gasteiger partial charge in [0.15, 0.2) is 18.1 Å². The highest BCUT2D eigenvalue weighted by Crippen LogP contribution is 2.39. The third-order valence-corrected chi connectivity index (χ3v) is 2.45. The van der Waals surface area contributed by atoms with Crippen LogP contribution in [0.1, 0.15) is 11.8 Å². The van der Waals surface area contributed by atoms with Gasteiger partial charge < -0.3 is 18.6 Å². The molecule has 0 amide bonds. The molecule has 0 N–H and O–H groups in total. The fraction of sp³-hybridized carbons (Fsp3) is 0.333. The smallest absolute Gasteiger partial charge is 0.253 e. The predicted octanol–water partition coefficient (Wildman–Crippen LogP) is 1.73. The quantitative estimate of drug-likeness (QED) is 0.824. The van der Waals surface area contributed by atoms with E-state index in [1.165, 1.54) is 0 Å². The van der Waals surface area contributed by atoms with Crippen molar-refractivity contribution in [2.45, 2.75) is 13.5 Å². The lowest BCUT2D eigenvalue weighted by molar-refractivity contribution is 0.158. The first-order chi connectivity index (χ1) is 8.83. The highest BCUT2D eigenvalue weighted by atomic mass is 16.6. The Labute approximate surface area is 103 Å². The molecule has 2 heterocycles. The van der Waals surface area contributed by atoms with Crippen LogP contribution < -0.4 is 14.2 Å². The number of aromatic nitrogens is 2. The molecule has 2 aromatic rings. The SMILES string of the molecule is Cc1nnc(COc2cccc3c2OCCO3)o1. The molecule has 0 saturated heterocycles. The molecule has 3 rings (SSSR count). The van der Waals surface area contributed by atoms with Gasteiger partial charge in [-0.3, -0.25) is 0 Å². The molecule has 6 heteroatoms. The van der Waals surface area contributed by atoms with E-state index in [0.717, 1.165) is 0 Å². The topological polar surface area (TPSA) is 66.6 Å². The van der Waals surface area contributed by atoms with Crippen LogP contribution in [0.5, 0.6) is 17.2 Å². The molecule has 0 aliphatic carbocycles. The number of ether oxygens (including phenoxy) is 3. The molecule has 6 nitrogen and oxygen atoms in total. The minimum Gasteiger partial charge on any atom is -0.486 e. The van der Waals surface area contributed by atoms with Gasteiger partial charge in [-0.25, -0.2) is 0 Å². The van der Waals surface area contributed by atoms with Crippen molar-refractivity contribution in [3.63, 3.8) is 0 Å². The maximum atomic E-state index is 5.60. The van der Waals surface area contributed by atoms with Crippen molar-refractivity contribution >= 4 is 0 Å². The standard InChI is InChI=1S/C12H12N2O4/c1-8-13-14-11(18-8)7-17-10-4-2-3-9-12(10)16-6-5-15-9/h2-4H,5-7H2,1H3. The van der Waals surface area contributed by atoms with Gasteiger partial charge >= 0.3 is 0 Å². The summed E-state index contributed by atoms with van der Waals surface area (Å²) in [7, 11) is 0. The van der Waals surface area contributed by atoms with Crippen molar-refractivity contribution in [3.05, 3.63) is 30.0 Å². The van der Waals surface area contributed by atoms with Crippen molar-refractivity contribution in [2.75, 3.05) is 13.2 Å². The zero-order valence-corrected chi connectivity index (χ0v) is 9.88. The first-order valence-corrected chi connectivity index (χ1v) is 5.63. The minimum absolute atomic E-state index is 0.209. The van der Waals surface area contributed by atoms with Crippen LogP contribution in [0.15, 0.2) is 22.6 Å². The van der Waals surface area contributed by atoms with Crippen LogP contribution in [0.3, 0.4) is 0 Å². The Bertz CT molecular complexity index is 553. The summed E-state index contributed by atoms with van der Waals surface area (Å²) in [5.41, 5.74) is 0. The molecule has 0 fully saturated rings. The molecule has 18 heavy (non-hydrogen) atoms. The normalized spacial score (nSPS) is 13.4. The van der Waals surface area contributed by atoms with Gasteiger partial charge in [0, 0.05) is 6.92 Å². The van der Waals surface area contributed by atoms with E-state index in [4.69, 9.17) is 18.6 Å². The van der Waals surface area contributed by atoms with Crippen molar-refractivity contribution in [3.8, 4) is 17.2 Å². The van der Waals surface area contributed by atoms with Crippen molar-refractivity contribution in [1.29, 1.82) is 0 Å². The van der Waals surface area contributed by atoms with Crippen LogP contribution >= 0.6 is 0 Å². The molecule has 1 aliphatic heterocycles. The fourth-order valence-electron chi connectivity index (χ4n) is 1.70. The van der Waals surface area contributed by atoms with E-state index in [1.54, 1.807) is 6.92 Å². The van der Waals surface area contributed by atoms with Crippen LogP contribution in [0, 0.1) is 6.92 Å². The molecular formula is C12H12N2O4. The van der Waals surface area contributed by atoms with Gasteiger partial charge in [-0.15, -0.1) is 10.2 Å². The monoisotopic (exact) mass is 248 g/mol. The Kier molecular flexibility index (Phi) is 2.76. The average Bonchev–Trinajstić information content (AvgIpc) is 2.82. The summed E-state index contributed by atoms with van der Waals surface area (Å²) < 4.78 is 21.8. The summed E-state index contributed by atoms with van der Waals surface area (Å²) in [5.74, 6) is 2.88. The van der Waals surface area contributed by atoms with Gasteiger partial charge in [0.25, 0.3) is 5.89 Å². The number of hydrogen-bond acceptors (Lipinski definition) is 6. The van der Waals surface area contributed by atoms with Gasteiger partial charge in [-0.2, -0.15) is 0 Å². The van der Waals surface area contributed by atoms with Crippen molar-refractivity contribution < 1.29 is 18.6 Å². The Morgan fingerprint density at radius 3 is 2.94 bits per heavy atom. The van der Waals surface area contributed by atoms with E-state index in [1.807, 2.05) is 18.2 Å². The third kappa shape index (κ3) is 2.09. The highest BCUT2D eigenvalue weighted by Gasteiger charge is 2.17. The van der Waals surface area contributed by atoms with E-state index in [9.17, 15) is 0 Å². The lowest BCUT2D eigenvalue weighted by Gasteiger charge is -2.20. The van der Waals surface area contributed by atoms with Gasteiger partial charge in [0.2, 0.25) is 11.6 Å². The van der Waals surface area contributed by atoms with Crippen LogP contribution in [-0.4, -0.2) is 23.4 Å². The maximum absolute atomic E-state index is 5.60. The van der Waals surface area contributed by atoms with Gasteiger partial charge in [0.1, 0.15) is 13.2 Å². The number of hydrogen-bond donors (Lipinski definition) is 0. The number of fused-ring (bicyclic) bond motifs is 1. The van der Waals surface area contributed by atoms with Crippen molar-refractivity contribution in [2.24, 2.45) is 0 Å². The molecule has 1 aromatic carbocycles. The maximum Gasteiger partial charge on any atom is 0.253 e. The summed E-state index contributed by atoms with van der Waals surface area (Å²) in [4.78, 5) is 0. The number of benzene rings is 1. The number of aryl methyl sites for hydroxylation is 1. The first kappa shape index (κ1) is 10.9. The summed E-state index contributed by atoms with van der Waals surface area (Å²) in [5, 5.41) is 7.59. The second-order valence-corrected chi connectivity index (χ2v) is 3.78. The lowest BCUT2D eigenvalue weighted by atomic mass is 10.3. The van der Waals surface area contributed by atoms with Crippen LogP contribution in [0.25, 0.3) is 0 Å². The third-order valence-electron chi connectivity index (χ3n) is 2.45. The zero-order chi connectivity index (χ0) is 12.4. The van der Waals surface area contributed by atoms with Crippen LogP contribution in [0.4, 0.5) is 0 Å². The van der Waals surface area contributed by atoms with E-state index in [0.29, 0.717) is 42.2 Å². The van der Waals surface area contributed by atoms with Crippen LogP contribution in [-0.2, 0) is 6.61 Å². The molecular weight excluding hydrogens is 236 g/mol. The summed E-state index contributed by atoms with van der Waals surface area (Å²) >= 11 is 0. The second-order valence-electron chi connectivity index (χ2n) is 3.78. The molecule has 0 unspecified atom stereocenters. The second kappa shape index (κ2) is 4.56. The fourth-order valence-corrected chi connectivity index (χ4v) is 1.70. The van der Waals surface area contributed by atoms with Gasteiger partial charge in [-0.1, -0.05) is 6.07 Å². The molecule has 1 aromatic heterocycles. The molecule has 0 spiro atoms. The Balaban J connectivity index is 1.76. The van der Waals surface area contributed by atoms with E-state index < -0.39 is 0 Å². The van der Waals surface area contributed by atoms with Crippen LogP contribution in [0.2, 0.25) is 0 Å². The largest absolute Gasteiger partial charge is 0.486 e. The van der Waals surface area contributed by atoms with E-state index in [-0.39, 0.29) is 6.61 Å². The minimum atomic E-state index is 0.209. The number of nitrogens with zero attached hydrogens (tertiary/aromatic N) is 2. The Morgan fingerprint density at radius 2 is 2.11 bits per heavy atom. The Hall–Kier alpha value is -2.24. The number of rotatable bonds is 3. The predicted molar refractivity (Wildman–Crippen MR) is 60.8 cm³/mol. The molecule has 0 radical (unpaired) electrons. The summed E-state index contributed by atoms with van der Waals surface area (Å²) in [6.07, 6.45) is 0. The molecule has 0 saturated carbocycles.